The number of aromatic nitrogens is 2. The Kier molecular flexibility index (Phi) is 5.26. The van der Waals surface area contributed by atoms with E-state index >= 15 is 0 Å². The molecule has 6 heteroatoms. The Bertz CT molecular complexity index is 918. The molecule has 0 bridgehead atoms. The van der Waals surface area contributed by atoms with Crippen LogP contribution < -0.4 is 0 Å². The molecule has 0 aliphatic heterocycles. The second-order valence-corrected chi connectivity index (χ2v) is 5.74. The van der Waals surface area contributed by atoms with E-state index in [-0.39, 0.29) is 12.5 Å². The molecule has 25 heavy (non-hydrogen) atoms. The topological polar surface area (TPSA) is 65.2 Å². The number of nitrogens with zero attached hydrogens (tertiary/aromatic N) is 2. The van der Waals surface area contributed by atoms with Crippen LogP contribution in [0.25, 0.3) is 17.5 Å². The average Bonchev–Trinajstić information content (AvgIpc) is 3.08. The van der Waals surface area contributed by atoms with E-state index in [0.29, 0.717) is 10.9 Å². The Morgan fingerprint density at radius 3 is 2.84 bits per heavy atom. The number of carbonyl (C=O) groups is 1. The standard InChI is InChI=1S/C19H15ClN2O3/c1-13-5-4-7-15(11-13)19-22-21-17(25-19)12-24-18(23)10-9-14-6-2-3-8-16(14)20/h2-11H,12H2,1H3/b10-9+. The summed E-state index contributed by atoms with van der Waals surface area (Å²) in [5, 5.41) is 8.42. The molecule has 0 radical (unpaired) electrons. The molecule has 0 atom stereocenters. The number of esters is 1. The molecule has 126 valence electrons. The van der Waals surface area contributed by atoms with Crippen molar-refractivity contribution in [3.63, 3.8) is 0 Å². The fourth-order valence-electron chi connectivity index (χ4n) is 2.16. The number of carbonyl (C=O) groups excluding carboxylic acids is 1. The maximum absolute atomic E-state index is 11.8. The van der Waals surface area contributed by atoms with Gasteiger partial charge in [-0.2, -0.15) is 0 Å². The summed E-state index contributed by atoms with van der Waals surface area (Å²) in [5.74, 6) is 0.104. The Morgan fingerprint density at radius 2 is 2.04 bits per heavy atom. The number of benzene rings is 2. The van der Waals surface area contributed by atoms with Gasteiger partial charge in [-0.15, -0.1) is 10.2 Å². The Hall–Kier alpha value is -2.92. The molecule has 0 spiro atoms. The van der Waals surface area contributed by atoms with Crippen LogP contribution in [0.3, 0.4) is 0 Å². The predicted molar refractivity (Wildman–Crippen MR) is 94.8 cm³/mol. The summed E-state index contributed by atoms with van der Waals surface area (Å²) in [4.78, 5) is 11.8. The molecular weight excluding hydrogens is 340 g/mol. The van der Waals surface area contributed by atoms with E-state index in [9.17, 15) is 4.79 Å². The van der Waals surface area contributed by atoms with Gasteiger partial charge in [-0.25, -0.2) is 4.79 Å². The van der Waals surface area contributed by atoms with Crippen LogP contribution in [0.4, 0.5) is 0 Å². The second-order valence-electron chi connectivity index (χ2n) is 5.33. The highest BCUT2D eigenvalue weighted by Crippen LogP contribution is 2.19. The molecule has 0 saturated heterocycles. The van der Waals surface area contributed by atoms with Gasteiger partial charge in [0, 0.05) is 16.7 Å². The predicted octanol–water partition coefficient (Wildman–Crippen LogP) is 4.46. The number of halogens is 1. The quantitative estimate of drug-likeness (QED) is 0.500. The largest absolute Gasteiger partial charge is 0.452 e. The van der Waals surface area contributed by atoms with Crippen LogP contribution in [0.5, 0.6) is 0 Å². The van der Waals surface area contributed by atoms with Crippen molar-refractivity contribution >= 4 is 23.6 Å². The van der Waals surface area contributed by atoms with Gasteiger partial charge in [0.05, 0.1) is 0 Å². The van der Waals surface area contributed by atoms with Crippen LogP contribution in [0.1, 0.15) is 17.0 Å². The third kappa shape index (κ3) is 4.55. The first-order valence-electron chi connectivity index (χ1n) is 7.60. The van der Waals surface area contributed by atoms with Gasteiger partial charge in [0.1, 0.15) is 0 Å². The van der Waals surface area contributed by atoms with Gasteiger partial charge in [-0.05, 0) is 36.8 Å². The monoisotopic (exact) mass is 354 g/mol. The van der Waals surface area contributed by atoms with Gasteiger partial charge < -0.3 is 9.15 Å². The number of aryl methyl sites for hydroxylation is 1. The van der Waals surface area contributed by atoms with Gasteiger partial charge in [0.2, 0.25) is 5.89 Å². The van der Waals surface area contributed by atoms with Crippen LogP contribution in [0.15, 0.2) is 59.0 Å². The van der Waals surface area contributed by atoms with Crippen molar-refractivity contribution in [3.05, 3.63) is 76.6 Å². The number of rotatable bonds is 5. The van der Waals surface area contributed by atoms with Crippen LogP contribution in [-0.4, -0.2) is 16.2 Å². The maximum Gasteiger partial charge on any atom is 0.331 e. The van der Waals surface area contributed by atoms with Crippen molar-refractivity contribution in [1.29, 1.82) is 0 Å². The fraction of sp³-hybridized carbons (Fsp3) is 0.105. The van der Waals surface area contributed by atoms with Crippen molar-refractivity contribution in [2.24, 2.45) is 0 Å². The first-order valence-corrected chi connectivity index (χ1v) is 7.98. The Morgan fingerprint density at radius 1 is 1.20 bits per heavy atom. The summed E-state index contributed by atoms with van der Waals surface area (Å²) in [5.41, 5.74) is 2.65. The third-order valence-electron chi connectivity index (χ3n) is 3.37. The average molecular weight is 355 g/mol. The Balaban J connectivity index is 1.59. The normalized spacial score (nSPS) is 11.0. The fourth-order valence-corrected chi connectivity index (χ4v) is 2.35. The summed E-state index contributed by atoms with van der Waals surface area (Å²) in [7, 11) is 0. The van der Waals surface area contributed by atoms with Crippen LogP contribution >= 0.6 is 11.6 Å². The molecule has 0 amide bonds. The van der Waals surface area contributed by atoms with Crippen LogP contribution in [0.2, 0.25) is 5.02 Å². The van der Waals surface area contributed by atoms with E-state index in [1.807, 2.05) is 43.3 Å². The highest BCUT2D eigenvalue weighted by atomic mass is 35.5. The molecule has 0 aliphatic carbocycles. The summed E-state index contributed by atoms with van der Waals surface area (Å²) in [6.45, 7) is 1.89. The van der Waals surface area contributed by atoms with E-state index in [4.69, 9.17) is 20.8 Å². The van der Waals surface area contributed by atoms with Crippen molar-refractivity contribution in [2.45, 2.75) is 13.5 Å². The number of hydrogen-bond donors (Lipinski definition) is 0. The molecule has 3 rings (SSSR count). The van der Waals surface area contributed by atoms with Gasteiger partial charge in [-0.3, -0.25) is 0 Å². The van der Waals surface area contributed by atoms with E-state index in [0.717, 1.165) is 16.7 Å². The molecule has 5 nitrogen and oxygen atoms in total. The minimum atomic E-state index is -0.518. The van der Waals surface area contributed by atoms with Gasteiger partial charge in [0.15, 0.2) is 6.61 Å². The lowest BCUT2D eigenvalue weighted by atomic mass is 10.1. The molecule has 0 aliphatic rings. The molecular formula is C19H15ClN2O3. The molecule has 2 aromatic carbocycles. The molecule has 0 fully saturated rings. The SMILES string of the molecule is Cc1cccc(-c2nnc(COC(=O)/C=C/c3ccccc3Cl)o2)c1. The molecule has 1 aromatic heterocycles. The van der Waals surface area contributed by atoms with E-state index in [1.54, 1.807) is 18.2 Å². The van der Waals surface area contributed by atoms with E-state index < -0.39 is 5.97 Å². The molecule has 0 unspecified atom stereocenters. The molecule has 3 aromatic rings. The lowest BCUT2D eigenvalue weighted by Gasteiger charge is -1.99. The zero-order valence-corrected chi connectivity index (χ0v) is 14.2. The van der Waals surface area contributed by atoms with Gasteiger partial charge in [0.25, 0.3) is 5.89 Å². The minimum absolute atomic E-state index is 0.0927. The van der Waals surface area contributed by atoms with Crippen molar-refractivity contribution in [2.75, 3.05) is 0 Å². The van der Waals surface area contributed by atoms with E-state index in [1.165, 1.54) is 6.08 Å². The zero-order chi connectivity index (χ0) is 17.6. The second kappa shape index (κ2) is 7.77. The summed E-state index contributed by atoms with van der Waals surface area (Å²) in [6, 6.07) is 14.9. The maximum atomic E-state index is 11.8. The highest BCUT2D eigenvalue weighted by molar-refractivity contribution is 6.32. The summed E-state index contributed by atoms with van der Waals surface area (Å²) in [6.07, 6.45) is 2.90. The van der Waals surface area contributed by atoms with Crippen molar-refractivity contribution in [1.82, 2.24) is 10.2 Å². The lowest BCUT2D eigenvalue weighted by molar-refractivity contribution is -0.139. The first kappa shape index (κ1) is 16.9. The first-order chi connectivity index (χ1) is 12.1. The Labute approximate surface area is 149 Å². The number of ether oxygens (including phenoxy) is 1. The molecule has 0 N–H and O–H groups in total. The third-order valence-corrected chi connectivity index (χ3v) is 3.72. The van der Waals surface area contributed by atoms with Crippen molar-refractivity contribution in [3.8, 4) is 11.5 Å². The molecule has 0 saturated carbocycles. The van der Waals surface area contributed by atoms with Gasteiger partial charge in [-0.1, -0.05) is 47.5 Å². The summed E-state index contributed by atoms with van der Waals surface area (Å²) >= 11 is 6.02. The van der Waals surface area contributed by atoms with Crippen LogP contribution in [-0.2, 0) is 16.1 Å². The highest BCUT2D eigenvalue weighted by Gasteiger charge is 2.10. The van der Waals surface area contributed by atoms with Gasteiger partial charge >= 0.3 is 5.97 Å². The zero-order valence-electron chi connectivity index (χ0n) is 13.5. The lowest BCUT2D eigenvalue weighted by Crippen LogP contribution is -2.00. The minimum Gasteiger partial charge on any atom is -0.452 e. The molecule has 1 heterocycles. The van der Waals surface area contributed by atoms with Crippen molar-refractivity contribution < 1.29 is 13.9 Å². The number of hydrogen-bond acceptors (Lipinski definition) is 5. The smallest absolute Gasteiger partial charge is 0.331 e. The van der Waals surface area contributed by atoms with Crippen LogP contribution in [0, 0.1) is 6.92 Å². The summed E-state index contributed by atoms with van der Waals surface area (Å²) < 4.78 is 10.6. The van der Waals surface area contributed by atoms with E-state index in [2.05, 4.69) is 10.2 Å².